The summed E-state index contributed by atoms with van der Waals surface area (Å²) in [5.41, 5.74) is 0.391. The smallest absolute Gasteiger partial charge is 0.280 e. The second kappa shape index (κ2) is 4.98. The van der Waals surface area contributed by atoms with E-state index in [9.17, 15) is 0 Å². The number of aliphatic hydroxyl groups excluding tert-OH is 2. The van der Waals surface area contributed by atoms with Crippen LogP contribution < -0.4 is 0 Å². The maximum atomic E-state index is 9.04. The predicted molar refractivity (Wildman–Crippen MR) is 40.0 cm³/mol. The van der Waals surface area contributed by atoms with Gasteiger partial charge in [-0.05, 0) is 13.8 Å². The van der Waals surface area contributed by atoms with Crippen LogP contribution in [-0.2, 0) is 9.47 Å². The van der Waals surface area contributed by atoms with Gasteiger partial charge < -0.3 is 19.7 Å². The Bertz CT molecular complexity index is 139. The van der Waals surface area contributed by atoms with Crippen LogP contribution >= 0.6 is 0 Å². The molecule has 0 aliphatic heterocycles. The minimum absolute atomic E-state index is 0.0180. The van der Waals surface area contributed by atoms with Gasteiger partial charge in [-0.15, -0.1) is 0 Å². The van der Waals surface area contributed by atoms with Gasteiger partial charge in [-0.1, -0.05) is 0 Å². The maximum absolute atomic E-state index is 9.04. The van der Waals surface area contributed by atoms with Crippen LogP contribution in [0.2, 0.25) is 0 Å². The van der Waals surface area contributed by atoms with Gasteiger partial charge in [0.25, 0.3) is 5.95 Å². The largest absolute Gasteiger partial charge is 0.481 e. The monoisotopic (exact) mass is 162 g/mol. The molecule has 1 atom stereocenters. The SMILES string of the molecule is COCO/C(O)=C(/C)C(C)O. The van der Waals surface area contributed by atoms with Crippen molar-refractivity contribution >= 4 is 0 Å². The fraction of sp³-hybridized carbons (Fsp3) is 0.714. The van der Waals surface area contributed by atoms with Crippen molar-refractivity contribution in [1.29, 1.82) is 0 Å². The number of rotatable bonds is 4. The molecule has 0 aliphatic rings. The van der Waals surface area contributed by atoms with Crippen LogP contribution in [-0.4, -0.2) is 30.2 Å². The molecule has 0 spiro atoms. The van der Waals surface area contributed by atoms with Gasteiger partial charge >= 0.3 is 0 Å². The zero-order valence-electron chi connectivity index (χ0n) is 7.00. The highest BCUT2D eigenvalue weighted by molar-refractivity contribution is 5.03. The highest BCUT2D eigenvalue weighted by atomic mass is 16.7. The highest BCUT2D eigenvalue weighted by Gasteiger charge is 2.06. The third-order valence-corrected chi connectivity index (χ3v) is 1.28. The van der Waals surface area contributed by atoms with Crippen LogP contribution in [0.1, 0.15) is 13.8 Å². The number of methoxy groups -OCH3 is 1. The first kappa shape index (κ1) is 10.3. The molecule has 0 aromatic rings. The lowest BCUT2D eigenvalue weighted by molar-refractivity contribution is -0.0406. The molecule has 0 rings (SSSR count). The van der Waals surface area contributed by atoms with Crippen molar-refractivity contribution in [3.05, 3.63) is 11.5 Å². The van der Waals surface area contributed by atoms with Crippen molar-refractivity contribution < 1.29 is 19.7 Å². The Labute approximate surface area is 66.1 Å². The summed E-state index contributed by atoms with van der Waals surface area (Å²) in [7, 11) is 1.45. The molecule has 0 fully saturated rings. The Hall–Kier alpha value is -0.740. The predicted octanol–water partition coefficient (Wildman–Crippen LogP) is 0.777. The van der Waals surface area contributed by atoms with Crippen molar-refractivity contribution in [3.8, 4) is 0 Å². The van der Waals surface area contributed by atoms with Crippen molar-refractivity contribution in [1.82, 2.24) is 0 Å². The van der Waals surface area contributed by atoms with Crippen molar-refractivity contribution in [2.24, 2.45) is 0 Å². The first-order valence-electron chi connectivity index (χ1n) is 3.29. The minimum Gasteiger partial charge on any atom is -0.481 e. The van der Waals surface area contributed by atoms with Gasteiger partial charge in [0.1, 0.15) is 0 Å². The van der Waals surface area contributed by atoms with E-state index in [2.05, 4.69) is 9.47 Å². The van der Waals surface area contributed by atoms with Crippen LogP contribution in [0, 0.1) is 0 Å². The molecule has 4 nitrogen and oxygen atoms in total. The van der Waals surface area contributed by atoms with Gasteiger partial charge in [0, 0.05) is 12.7 Å². The van der Waals surface area contributed by atoms with Gasteiger partial charge in [0.15, 0.2) is 6.79 Å². The lowest BCUT2D eigenvalue weighted by atomic mass is 10.2. The molecule has 0 heterocycles. The molecule has 0 bridgehead atoms. The Kier molecular flexibility index (Phi) is 4.65. The summed E-state index contributed by atoms with van der Waals surface area (Å²) >= 11 is 0. The average molecular weight is 162 g/mol. The van der Waals surface area contributed by atoms with Gasteiger partial charge in [-0.2, -0.15) is 0 Å². The summed E-state index contributed by atoms with van der Waals surface area (Å²) < 4.78 is 9.21. The molecule has 0 aromatic heterocycles. The molecule has 0 saturated heterocycles. The third kappa shape index (κ3) is 3.85. The second-order valence-corrected chi connectivity index (χ2v) is 2.22. The fourth-order valence-corrected chi connectivity index (χ4v) is 0.407. The Morgan fingerprint density at radius 3 is 2.45 bits per heavy atom. The molecule has 0 aromatic carbocycles. The van der Waals surface area contributed by atoms with E-state index >= 15 is 0 Å². The molecule has 11 heavy (non-hydrogen) atoms. The van der Waals surface area contributed by atoms with E-state index in [0.29, 0.717) is 5.57 Å². The molecule has 4 heteroatoms. The number of hydrogen-bond acceptors (Lipinski definition) is 4. The van der Waals surface area contributed by atoms with Crippen LogP contribution in [0.25, 0.3) is 0 Å². The second-order valence-electron chi connectivity index (χ2n) is 2.22. The van der Waals surface area contributed by atoms with E-state index in [0.717, 1.165) is 0 Å². The minimum atomic E-state index is -0.702. The highest BCUT2D eigenvalue weighted by Crippen LogP contribution is 2.06. The maximum Gasteiger partial charge on any atom is 0.280 e. The van der Waals surface area contributed by atoms with E-state index in [1.165, 1.54) is 7.11 Å². The van der Waals surface area contributed by atoms with E-state index in [-0.39, 0.29) is 12.7 Å². The summed E-state index contributed by atoms with van der Waals surface area (Å²) in [6.07, 6.45) is -0.702. The van der Waals surface area contributed by atoms with Crippen LogP contribution in [0.15, 0.2) is 11.5 Å². The van der Waals surface area contributed by atoms with Gasteiger partial charge in [0.05, 0.1) is 6.10 Å². The van der Waals surface area contributed by atoms with Gasteiger partial charge in [0.2, 0.25) is 0 Å². The lowest BCUT2D eigenvalue weighted by Gasteiger charge is -2.08. The lowest BCUT2D eigenvalue weighted by Crippen LogP contribution is -2.07. The van der Waals surface area contributed by atoms with Crippen molar-refractivity contribution in [2.75, 3.05) is 13.9 Å². The van der Waals surface area contributed by atoms with Gasteiger partial charge in [-0.3, -0.25) is 0 Å². The molecule has 1 unspecified atom stereocenters. The molecule has 0 saturated carbocycles. The standard InChI is InChI=1S/C7H14O4/c1-5(6(2)8)7(9)11-4-10-3/h6,8-9H,4H2,1-3H3/b7-5-. The number of aliphatic hydroxyl groups is 2. The van der Waals surface area contributed by atoms with E-state index in [1.54, 1.807) is 13.8 Å². The Balaban J connectivity index is 3.94. The molecule has 66 valence electrons. The van der Waals surface area contributed by atoms with E-state index in [4.69, 9.17) is 10.2 Å². The summed E-state index contributed by atoms with van der Waals surface area (Å²) in [6.45, 7) is 3.10. The summed E-state index contributed by atoms with van der Waals surface area (Å²) in [5.74, 6) is -0.276. The zero-order valence-corrected chi connectivity index (χ0v) is 7.00. The average Bonchev–Trinajstić information content (AvgIpc) is 1.98. The van der Waals surface area contributed by atoms with Crippen LogP contribution in [0.3, 0.4) is 0 Å². The van der Waals surface area contributed by atoms with Crippen molar-refractivity contribution in [3.63, 3.8) is 0 Å². The van der Waals surface area contributed by atoms with Gasteiger partial charge in [-0.25, -0.2) is 0 Å². The van der Waals surface area contributed by atoms with Crippen LogP contribution in [0.4, 0.5) is 0 Å². The normalized spacial score (nSPS) is 15.6. The quantitative estimate of drug-likeness (QED) is 0.473. The third-order valence-electron chi connectivity index (χ3n) is 1.28. The molecule has 0 aliphatic carbocycles. The zero-order chi connectivity index (χ0) is 8.85. The van der Waals surface area contributed by atoms with E-state index < -0.39 is 6.10 Å². The molecule has 2 N–H and O–H groups in total. The summed E-state index contributed by atoms with van der Waals surface area (Å²) in [6, 6.07) is 0. The molecular formula is C7H14O4. The molecule has 0 amide bonds. The molecule has 0 radical (unpaired) electrons. The van der Waals surface area contributed by atoms with Crippen LogP contribution in [0.5, 0.6) is 0 Å². The Morgan fingerprint density at radius 2 is 2.09 bits per heavy atom. The number of hydrogen-bond donors (Lipinski definition) is 2. The first-order valence-corrected chi connectivity index (χ1v) is 3.29. The first-order chi connectivity index (χ1) is 5.09. The molecular weight excluding hydrogens is 148 g/mol. The van der Waals surface area contributed by atoms with Crippen molar-refractivity contribution in [2.45, 2.75) is 20.0 Å². The Morgan fingerprint density at radius 1 is 1.55 bits per heavy atom. The fourth-order valence-electron chi connectivity index (χ4n) is 0.407. The number of ether oxygens (including phenoxy) is 2. The summed E-state index contributed by atoms with van der Waals surface area (Å²) in [5, 5.41) is 18.0. The van der Waals surface area contributed by atoms with E-state index in [1.807, 2.05) is 0 Å². The topological polar surface area (TPSA) is 58.9 Å². The summed E-state index contributed by atoms with van der Waals surface area (Å²) in [4.78, 5) is 0.